The summed E-state index contributed by atoms with van der Waals surface area (Å²) in [5.74, 6) is 0. The van der Waals surface area contributed by atoms with Crippen LogP contribution in [0.3, 0.4) is 0 Å². The molecule has 0 unspecified atom stereocenters. The molecule has 52 valence electrons. The SMILES string of the molecule is C=CC/C(C)=C(\Br)CO. The maximum Gasteiger partial charge on any atom is 0.0746 e. The van der Waals surface area contributed by atoms with Crippen LogP contribution in [0, 0.1) is 0 Å². The Hall–Kier alpha value is -0.0800. The Kier molecular flexibility index (Phi) is 4.72. The molecule has 0 aromatic carbocycles. The molecule has 0 aliphatic heterocycles. The average molecular weight is 191 g/mol. The largest absolute Gasteiger partial charge is 0.391 e. The third-order valence-corrected chi connectivity index (χ3v) is 1.98. The Balaban J connectivity index is 3.92. The van der Waals surface area contributed by atoms with E-state index in [-0.39, 0.29) is 6.61 Å². The maximum atomic E-state index is 8.59. The van der Waals surface area contributed by atoms with E-state index in [2.05, 4.69) is 22.5 Å². The van der Waals surface area contributed by atoms with Crippen LogP contribution in [-0.4, -0.2) is 11.7 Å². The summed E-state index contributed by atoms with van der Waals surface area (Å²) in [6.45, 7) is 5.62. The van der Waals surface area contributed by atoms with Crippen molar-refractivity contribution >= 4 is 15.9 Å². The molecule has 2 heteroatoms. The van der Waals surface area contributed by atoms with Gasteiger partial charge in [-0.15, -0.1) is 6.58 Å². The fourth-order valence-corrected chi connectivity index (χ4v) is 0.624. The third kappa shape index (κ3) is 3.49. The zero-order valence-electron chi connectivity index (χ0n) is 5.52. The van der Waals surface area contributed by atoms with Crippen molar-refractivity contribution in [1.82, 2.24) is 0 Å². The molecular weight excluding hydrogens is 180 g/mol. The molecule has 1 N–H and O–H groups in total. The van der Waals surface area contributed by atoms with Crippen LogP contribution in [0.15, 0.2) is 22.7 Å². The molecule has 0 fully saturated rings. The van der Waals surface area contributed by atoms with Gasteiger partial charge in [-0.3, -0.25) is 0 Å². The van der Waals surface area contributed by atoms with Crippen molar-refractivity contribution in [3.05, 3.63) is 22.7 Å². The van der Waals surface area contributed by atoms with Gasteiger partial charge >= 0.3 is 0 Å². The predicted octanol–water partition coefficient (Wildman–Crippen LogP) is 2.22. The molecule has 0 aromatic heterocycles. The normalized spacial score (nSPS) is 12.8. The first-order chi connectivity index (χ1) is 4.22. The number of hydrogen-bond donors (Lipinski definition) is 1. The fraction of sp³-hybridized carbons (Fsp3) is 0.429. The van der Waals surface area contributed by atoms with Crippen LogP contribution in [0.25, 0.3) is 0 Å². The highest BCUT2D eigenvalue weighted by molar-refractivity contribution is 9.11. The molecule has 0 aliphatic carbocycles. The molecule has 0 saturated carbocycles. The summed E-state index contributed by atoms with van der Waals surface area (Å²) < 4.78 is 0.863. The molecule has 0 spiro atoms. The predicted molar refractivity (Wildman–Crippen MR) is 43.5 cm³/mol. The van der Waals surface area contributed by atoms with Crippen molar-refractivity contribution in [3.8, 4) is 0 Å². The molecule has 0 saturated heterocycles. The zero-order valence-corrected chi connectivity index (χ0v) is 7.11. The van der Waals surface area contributed by atoms with E-state index in [1.165, 1.54) is 0 Å². The molecule has 0 bridgehead atoms. The summed E-state index contributed by atoms with van der Waals surface area (Å²) in [4.78, 5) is 0. The van der Waals surface area contributed by atoms with Crippen molar-refractivity contribution in [3.63, 3.8) is 0 Å². The van der Waals surface area contributed by atoms with Gasteiger partial charge in [-0.25, -0.2) is 0 Å². The van der Waals surface area contributed by atoms with Gasteiger partial charge in [0.1, 0.15) is 0 Å². The highest BCUT2D eigenvalue weighted by atomic mass is 79.9. The van der Waals surface area contributed by atoms with Crippen molar-refractivity contribution < 1.29 is 5.11 Å². The number of rotatable bonds is 3. The van der Waals surface area contributed by atoms with E-state index >= 15 is 0 Å². The van der Waals surface area contributed by atoms with Gasteiger partial charge in [0.2, 0.25) is 0 Å². The summed E-state index contributed by atoms with van der Waals surface area (Å²) in [5.41, 5.74) is 1.13. The number of allylic oxidation sites excluding steroid dienone is 2. The lowest BCUT2D eigenvalue weighted by molar-refractivity contribution is 0.339. The van der Waals surface area contributed by atoms with Crippen LogP contribution in [0.1, 0.15) is 13.3 Å². The fourth-order valence-electron chi connectivity index (χ4n) is 0.462. The van der Waals surface area contributed by atoms with Crippen LogP contribution in [0.4, 0.5) is 0 Å². The third-order valence-electron chi connectivity index (χ3n) is 1.05. The van der Waals surface area contributed by atoms with Gasteiger partial charge in [0.05, 0.1) is 6.61 Å². The highest BCUT2D eigenvalue weighted by Crippen LogP contribution is 2.13. The second-order valence-electron chi connectivity index (χ2n) is 1.84. The number of halogens is 1. The maximum absolute atomic E-state index is 8.59. The second kappa shape index (κ2) is 4.77. The minimum Gasteiger partial charge on any atom is -0.391 e. The van der Waals surface area contributed by atoms with Gasteiger partial charge < -0.3 is 5.11 Å². The Morgan fingerprint density at radius 2 is 2.33 bits per heavy atom. The standard InChI is InChI=1S/C7H11BrO/c1-3-4-6(2)7(8)5-9/h3,9H,1,4-5H2,2H3/b7-6-. The topological polar surface area (TPSA) is 20.2 Å². The van der Waals surface area contributed by atoms with Gasteiger partial charge in [-0.1, -0.05) is 27.6 Å². The van der Waals surface area contributed by atoms with Crippen LogP contribution >= 0.6 is 15.9 Å². The number of aliphatic hydroxyl groups is 1. The number of aliphatic hydroxyl groups excluding tert-OH is 1. The Bertz CT molecular complexity index is 127. The van der Waals surface area contributed by atoms with Gasteiger partial charge in [-0.2, -0.15) is 0 Å². The van der Waals surface area contributed by atoms with Crippen molar-refractivity contribution in [2.45, 2.75) is 13.3 Å². The molecule has 0 heterocycles. The van der Waals surface area contributed by atoms with Gasteiger partial charge in [0.25, 0.3) is 0 Å². The Morgan fingerprint density at radius 3 is 2.67 bits per heavy atom. The highest BCUT2D eigenvalue weighted by Gasteiger charge is 1.92. The molecule has 0 aliphatic rings. The first-order valence-corrected chi connectivity index (χ1v) is 3.57. The summed E-state index contributed by atoms with van der Waals surface area (Å²) in [6, 6.07) is 0. The zero-order chi connectivity index (χ0) is 7.28. The minimum absolute atomic E-state index is 0.0830. The molecule has 9 heavy (non-hydrogen) atoms. The lowest BCUT2D eigenvalue weighted by Gasteiger charge is -1.97. The Labute approximate surface area is 64.2 Å². The molecule has 0 atom stereocenters. The van der Waals surface area contributed by atoms with Gasteiger partial charge in [-0.05, 0) is 13.3 Å². The lowest BCUT2D eigenvalue weighted by Crippen LogP contribution is -1.84. The molecule has 0 aromatic rings. The first-order valence-electron chi connectivity index (χ1n) is 2.78. The minimum atomic E-state index is 0.0830. The van der Waals surface area contributed by atoms with Crippen molar-refractivity contribution in [2.75, 3.05) is 6.61 Å². The molecule has 0 rings (SSSR count). The van der Waals surface area contributed by atoms with E-state index in [0.29, 0.717) is 0 Å². The monoisotopic (exact) mass is 190 g/mol. The number of hydrogen-bond acceptors (Lipinski definition) is 1. The van der Waals surface area contributed by atoms with E-state index in [9.17, 15) is 0 Å². The van der Waals surface area contributed by atoms with E-state index in [0.717, 1.165) is 16.5 Å². The van der Waals surface area contributed by atoms with Gasteiger partial charge in [0, 0.05) is 4.48 Å². The average Bonchev–Trinajstić information content (AvgIpc) is 1.87. The molecule has 1 nitrogen and oxygen atoms in total. The summed E-state index contributed by atoms with van der Waals surface area (Å²) >= 11 is 3.23. The van der Waals surface area contributed by atoms with Gasteiger partial charge in [0.15, 0.2) is 0 Å². The van der Waals surface area contributed by atoms with Crippen molar-refractivity contribution in [2.24, 2.45) is 0 Å². The molecular formula is C7H11BrO. The van der Waals surface area contributed by atoms with Crippen LogP contribution < -0.4 is 0 Å². The lowest BCUT2D eigenvalue weighted by atomic mass is 10.2. The first kappa shape index (κ1) is 8.92. The van der Waals surface area contributed by atoms with Crippen molar-refractivity contribution in [1.29, 1.82) is 0 Å². The van der Waals surface area contributed by atoms with Crippen LogP contribution in [-0.2, 0) is 0 Å². The van der Waals surface area contributed by atoms with E-state index in [4.69, 9.17) is 5.11 Å². The summed E-state index contributed by atoms with van der Waals surface area (Å²) in [7, 11) is 0. The van der Waals surface area contributed by atoms with E-state index in [1.807, 2.05) is 13.0 Å². The molecule has 0 amide bonds. The Morgan fingerprint density at radius 1 is 1.78 bits per heavy atom. The summed E-state index contributed by atoms with van der Waals surface area (Å²) in [5, 5.41) is 8.59. The summed E-state index contributed by atoms with van der Waals surface area (Å²) in [6.07, 6.45) is 2.65. The van der Waals surface area contributed by atoms with E-state index < -0.39 is 0 Å². The smallest absolute Gasteiger partial charge is 0.0746 e. The molecule has 0 radical (unpaired) electrons. The van der Waals surface area contributed by atoms with E-state index in [1.54, 1.807) is 0 Å². The van der Waals surface area contributed by atoms with Crippen LogP contribution in [0.2, 0.25) is 0 Å². The quantitative estimate of drug-likeness (QED) is 0.678. The van der Waals surface area contributed by atoms with Crippen LogP contribution in [0.5, 0.6) is 0 Å². The second-order valence-corrected chi connectivity index (χ2v) is 2.79.